The number of nitrogens with zero attached hydrogens (tertiary/aromatic N) is 4. The summed E-state index contributed by atoms with van der Waals surface area (Å²) in [5, 5.41) is 11.6. The molecular weight excluding hydrogens is 221 g/mol. The van der Waals surface area contributed by atoms with Gasteiger partial charge in [0.1, 0.15) is 6.67 Å². The van der Waals surface area contributed by atoms with E-state index in [9.17, 15) is 4.39 Å². The van der Waals surface area contributed by atoms with E-state index in [4.69, 9.17) is 0 Å². The van der Waals surface area contributed by atoms with Gasteiger partial charge in [-0.25, -0.2) is 4.39 Å². The van der Waals surface area contributed by atoms with Gasteiger partial charge in [0.05, 0.1) is 17.9 Å². The molecule has 0 bridgehead atoms. The standard InChI is InChI=1S/C11H16FN5/c1-16-11(2-5-14-16)9-13-8-10-3-6-17(15-10)7-4-12/h2-3,5-6,13H,4,7-9H2,1H3. The first-order valence-corrected chi connectivity index (χ1v) is 5.55. The van der Waals surface area contributed by atoms with E-state index in [1.807, 2.05) is 23.9 Å². The number of aromatic nitrogens is 4. The molecule has 2 aromatic rings. The van der Waals surface area contributed by atoms with Gasteiger partial charge in [0.15, 0.2) is 0 Å². The Kier molecular flexibility index (Phi) is 3.87. The SMILES string of the molecule is Cn1nccc1CNCc1ccn(CCF)n1. The normalized spacial score (nSPS) is 10.9. The van der Waals surface area contributed by atoms with Gasteiger partial charge in [-0.05, 0) is 12.1 Å². The Balaban J connectivity index is 1.80. The summed E-state index contributed by atoms with van der Waals surface area (Å²) in [6.07, 6.45) is 3.56. The minimum atomic E-state index is -0.385. The van der Waals surface area contributed by atoms with E-state index >= 15 is 0 Å². The number of rotatable bonds is 6. The highest BCUT2D eigenvalue weighted by Gasteiger charge is 2.00. The molecule has 0 saturated heterocycles. The summed E-state index contributed by atoms with van der Waals surface area (Å²) in [7, 11) is 1.91. The Morgan fingerprint density at radius 1 is 1.35 bits per heavy atom. The fourth-order valence-electron chi connectivity index (χ4n) is 1.60. The van der Waals surface area contributed by atoms with Gasteiger partial charge in [-0.2, -0.15) is 10.2 Å². The van der Waals surface area contributed by atoms with Crippen LogP contribution in [-0.4, -0.2) is 26.2 Å². The summed E-state index contributed by atoms with van der Waals surface area (Å²) in [6, 6.07) is 3.86. The maximum Gasteiger partial charge on any atom is 0.109 e. The molecule has 0 saturated carbocycles. The average molecular weight is 237 g/mol. The van der Waals surface area contributed by atoms with E-state index in [1.165, 1.54) is 0 Å². The molecular formula is C11H16FN5. The first-order chi connectivity index (χ1) is 8.29. The van der Waals surface area contributed by atoms with Crippen LogP contribution in [0.15, 0.2) is 24.5 Å². The van der Waals surface area contributed by atoms with Crippen LogP contribution in [0.4, 0.5) is 4.39 Å². The summed E-state index contributed by atoms with van der Waals surface area (Å²) in [6.45, 7) is 1.35. The molecule has 1 N–H and O–H groups in total. The summed E-state index contributed by atoms with van der Waals surface area (Å²) >= 11 is 0. The highest BCUT2D eigenvalue weighted by atomic mass is 19.1. The van der Waals surface area contributed by atoms with Gasteiger partial charge < -0.3 is 5.32 Å². The van der Waals surface area contributed by atoms with Crippen LogP contribution in [0.1, 0.15) is 11.4 Å². The molecule has 2 heterocycles. The van der Waals surface area contributed by atoms with Crippen molar-refractivity contribution in [2.45, 2.75) is 19.6 Å². The average Bonchev–Trinajstić information content (AvgIpc) is 2.90. The molecule has 0 fully saturated rings. The van der Waals surface area contributed by atoms with Crippen LogP contribution in [0.2, 0.25) is 0 Å². The van der Waals surface area contributed by atoms with Crippen LogP contribution in [0.3, 0.4) is 0 Å². The predicted octanol–water partition coefficient (Wildman–Crippen LogP) is 0.876. The van der Waals surface area contributed by atoms with Crippen LogP contribution in [0, 0.1) is 0 Å². The zero-order valence-corrected chi connectivity index (χ0v) is 9.80. The lowest BCUT2D eigenvalue weighted by Crippen LogP contribution is -2.16. The van der Waals surface area contributed by atoms with Crippen LogP contribution in [-0.2, 0) is 26.7 Å². The zero-order chi connectivity index (χ0) is 12.1. The second-order valence-corrected chi connectivity index (χ2v) is 3.81. The van der Waals surface area contributed by atoms with Gasteiger partial charge >= 0.3 is 0 Å². The van der Waals surface area contributed by atoms with Gasteiger partial charge in [-0.1, -0.05) is 0 Å². The van der Waals surface area contributed by atoms with Crippen LogP contribution < -0.4 is 5.32 Å². The van der Waals surface area contributed by atoms with Crippen molar-refractivity contribution in [3.05, 3.63) is 35.9 Å². The van der Waals surface area contributed by atoms with Crippen molar-refractivity contribution in [1.29, 1.82) is 0 Å². The number of halogens is 1. The molecule has 0 aromatic carbocycles. The van der Waals surface area contributed by atoms with Crippen molar-refractivity contribution in [2.75, 3.05) is 6.67 Å². The summed E-state index contributed by atoms with van der Waals surface area (Å²) in [5.41, 5.74) is 2.04. The molecule has 0 aliphatic rings. The van der Waals surface area contributed by atoms with E-state index in [0.29, 0.717) is 13.1 Å². The summed E-state index contributed by atoms with van der Waals surface area (Å²) < 4.78 is 15.5. The van der Waals surface area contributed by atoms with E-state index < -0.39 is 0 Å². The molecule has 0 radical (unpaired) electrons. The highest BCUT2D eigenvalue weighted by molar-refractivity contribution is 5.01. The van der Waals surface area contributed by atoms with Crippen molar-refractivity contribution in [2.24, 2.45) is 7.05 Å². The highest BCUT2D eigenvalue weighted by Crippen LogP contribution is 1.98. The van der Waals surface area contributed by atoms with E-state index in [1.54, 1.807) is 17.1 Å². The molecule has 2 aromatic heterocycles. The van der Waals surface area contributed by atoms with E-state index in [-0.39, 0.29) is 6.67 Å². The van der Waals surface area contributed by atoms with Gasteiger partial charge in [0.2, 0.25) is 0 Å². The quantitative estimate of drug-likeness (QED) is 0.811. The molecule has 2 rings (SSSR count). The lowest BCUT2D eigenvalue weighted by molar-refractivity contribution is 0.425. The minimum absolute atomic E-state index is 0.321. The van der Waals surface area contributed by atoms with Crippen molar-refractivity contribution in [3.63, 3.8) is 0 Å². The van der Waals surface area contributed by atoms with Crippen LogP contribution >= 0.6 is 0 Å². The van der Waals surface area contributed by atoms with Gasteiger partial charge in [-0.3, -0.25) is 9.36 Å². The fourth-order valence-corrected chi connectivity index (χ4v) is 1.60. The molecule has 92 valence electrons. The Labute approximate surface area is 99.2 Å². The molecule has 0 spiro atoms. The molecule has 0 aliphatic carbocycles. The first kappa shape index (κ1) is 11.8. The predicted molar refractivity (Wildman–Crippen MR) is 62.0 cm³/mol. The van der Waals surface area contributed by atoms with E-state index in [2.05, 4.69) is 15.5 Å². The molecule has 5 nitrogen and oxygen atoms in total. The van der Waals surface area contributed by atoms with Gasteiger partial charge in [0.25, 0.3) is 0 Å². The second kappa shape index (κ2) is 5.58. The fraction of sp³-hybridized carbons (Fsp3) is 0.455. The van der Waals surface area contributed by atoms with Gasteiger partial charge in [-0.15, -0.1) is 0 Å². The van der Waals surface area contributed by atoms with Gasteiger partial charge in [0, 0.05) is 32.5 Å². The number of nitrogens with one attached hydrogen (secondary N) is 1. The number of aryl methyl sites for hydroxylation is 2. The number of alkyl halides is 1. The lowest BCUT2D eigenvalue weighted by Gasteiger charge is -2.03. The third-order valence-corrected chi connectivity index (χ3v) is 2.54. The van der Waals surface area contributed by atoms with Crippen molar-refractivity contribution >= 4 is 0 Å². The minimum Gasteiger partial charge on any atom is -0.305 e. The lowest BCUT2D eigenvalue weighted by atomic mass is 10.4. The summed E-state index contributed by atoms with van der Waals surface area (Å²) in [4.78, 5) is 0. The molecule has 6 heteroatoms. The maximum absolute atomic E-state index is 12.1. The Morgan fingerprint density at radius 3 is 2.94 bits per heavy atom. The Hall–Kier alpha value is -1.69. The number of hydrogen-bond donors (Lipinski definition) is 1. The first-order valence-electron chi connectivity index (χ1n) is 5.55. The topological polar surface area (TPSA) is 47.7 Å². The van der Waals surface area contributed by atoms with E-state index in [0.717, 1.165) is 17.9 Å². The third kappa shape index (κ3) is 3.13. The Bertz CT molecular complexity index is 462. The monoisotopic (exact) mass is 237 g/mol. The smallest absolute Gasteiger partial charge is 0.109 e. The summed E-state index contributed by atoms with van der Waals surface area (Å²) in [5.74, 6) is 0. The molecule has 0 atom stereocenters. The van der Waals surface area contributed by atoms with Crippen molar-refractivity contribution < 1.29 is 4.39 Å². The molecule has 0 unspecified atom stereocenters. The van der Waals surface area contributed by atoms with Crippen LogP contribution in [0.25, 0.3) is 0 Å². The van der Waals surface area contributed by atoms with Crippen LogP contribution in [0.5, 0.6) is 0 Å². The zero-order valence-electron chi connectivity index (χ0n) is 9.80. The van der Waals surface area contributed by atoms with Crippen molar-refractivity contribution in [3.8, 4) is 0 Å². The number of hydrogen-bond acceptors (Lipinski definition) is 3. The largest absolute Gasteiger partial charge is 0.305 e. The third-order valence-electron chi connectivity index (χ3n) is 2.54. The van der Waals surface area contributed by atoms with Crippen molar-refractivity contribution in [1.82, 2.24) is 24.9 Å². The Morgan fingerprint density at radius 2 is 2.24 bits per heavy atom. The second-order valence-electron chi connectivity index (χ2n) is 3.81. The maximum atomic E-state index is 12.1. The molecule has 0 aliphatic heterocycles. The molecule has 17 heavy (non-hydrogen) atoms. The molecule has 0 amide bonds.